The number of rotatable bonds is 9. The first-order valence-corrected chi connectivity index (χ1v) is 6.72. The van der Waals surface area contributed by atoms with Crippen molar-refractivity contribution in [1.82, 2.24) is 5.32 Å². The van der Waals surface area contributed by atoms with Crippen molar-refractivity contribution in [1.29, 1.82) is 0 Å². The summed E-state index contributed by atoms with van der Waals surface area (Å²) in [5, 5.41) is 2.87. The predicted molar refractivity (Wildman–Crippen MR) is 70.5 cm³/mol. The van der Waals surface area contributed by atoms with Gasteiger partial charge in [0.2, 0.25) is 5.91 Å². The summed E-state index contributed by atoms with van der Waals surface area (Å²) in [4.78, 5) is 10.8. The molecule has 0 aromatic heterocycles. The van der Waals surface area contributed by atoms with Crippen LogP contribution in [0.25, 0.3) is 0 Å². The van der Waals surface area contributed by atoms with Gasteiger partial charge >= 0.3 is 0 Å². The van der Waals surface area contributed by atoms with Gasteiger partial charge in [-0.2, -0.15) is 0 Å². The lowest BCUT2D eigenvalue weighted by Gasteiger charge is -2.24. The molecule has 1 amide bonds. The SMILES string of the molecule is CCCCCCCC(C)(C)CCNC(C)=O. The van der Waals surface area contributed by atoms with Gasteiger partial charge in [0.15, 0.2) is 0 Å². The van der Waals surface area contributed by atoms with E-state index in [0.717, 1.165) is 13.0 Å². The summed E-state index contributed by atoms with van der Waals surface area (Å²) in [6.45, 7) is 9.25. The molecular weight excluding hydrogens is 198 g/mol. The fourth-order valence-electron chi connectivity index (χ4n) is 1.91. The summed E-state index contributed by atoms with van der Waals surface area (Å²) in [6, 6.07) is 0. The lowest BCUT2D eigenvalue weighted by atomic mass is 9.83. The zero-order valence-corrected chi connectivity index (χ0v) is 11.6. The first kappa shape index (κ1) is 15.5. The summed E-state index contributed by atoms with van der Waals surface area (Å²) in [6.07, 6.45) is 9.09. The summed E-state index contributed by atoms with van der Waals surface area (Å²) < 4.78 is 0. The van der Waals surface area contributed by atoms with Crippen LogP contribution in [0, 0.1) is 5.41 Å². The molecule has 0 radical (unpaired) electrons. The Morgan fingerprint density at radius 3 is 2.25 bits per heavy atom. The Morgan fingerprint density at radius 1 is 1.06 bits per heavy atom. The Balaban J connectivity index is 3.49. The molecule has 2 heteroatoms. The number of carbonyl (C=O) groups is 1. The van der Waals surface area contributed by atoms with Crippen molar-refractivity contribution >= 4 is 5.91 Å². The second-order valence-electron chi connectivity index (χ2n) is 5.56. The third-order valence-electron chi connectivity index (χ3n) is 3.13. The molecule has 0 aromatic rings. The Labute approximate surface area is 101 Å². The summed E-state index contributed by atoms with van der Waals surface area (Å²) >= 11 is 0. The van der Waals surface area contributed by atoms with Crippen LogP contribution < -0.4 is 5.32 Å². The van der Waals surface area contributed by atoms with E-state index in [1.54, 1.807) is 6.92 Å². The maximum atomic E-state index is 10.8. The second-order valence-corrected chi connectivity index (χ2v) is 5.56. The van der Waals surface area contributed by atoms with Crippen molar-refractivity contribution < 1.29 is 4.79 Å². The van der Waals surface area contributed by atoms with Crippen LogP contribution in [0.4, 0.5) is 0 Å². The minimum absolute atomic E-state index is 0.0822. The number of hydrogen-bond acceptors (Lipinski definition) is 1. The smallest absolute Gasteiger partial charge is 0.216 e. The van der Waals surface area contributed by atoms with E-state index >= 15 is 0 Å². The van der Waals surface area contributed by atoms with Crippen molar-refractivity contribution in [3.63, 3.8) is 0 Å². The Kier molecular flexibility index (Phi) is 8.32. The van der Waals surface area contributed by atoms with E-state index < -0.39 is 0 Å². The zero-order valence-electron chi connectivity index (χ0n) is 11.6. The molecule has 0 aliphatic carbocycles. The lowest BCUT2D eigenvalue weighted by molar-refractivity contribution is -0.119. The molecule has 0 bridgehead atoms. The van der Waals surface area contributed by atoms with E-state index in [1.165, 1.54) is 38.5 Å². The molecule has 0 unspecified atom stereocenters. The van der Waals surface area contributed by atoms with Gasteiger partial charge in [0.25, 0.3) is 0 Å². The van der Waals surface area contributed by atoms with Gasteiger partial charge in [-0.15, -0.1) is 0 Å². The quantitative estimate of drug-likeness (QED) is 0.595. The van der Waals surface area contributed by atoms with Crippen LogP contribution in [0.15, 0.2) is 0 Å². The van der Waals surface area contributed by atoms with E-state index in [2.05, 4.69) is 26.1 Å². The molecule has 0 saturated heterocycles. The molecule has 0 heterocycles. The van der Waals surface area contributed by atoms with Crippen LogP contribution in [-0.4, -0.2) is 12.5 Å². The molecule has 0 spiro atoms. The predicted octanol–water partition coefficient (Wildman–Crippen LogP) is 3.90. The maximum Gasteiger partial charge on any atom is 0.216 e. The first-order chi connectivity index (χ1) is 7.48. The average Bonchev–Trinajstić information content (AvgIpc) is 2.16. The van der Waals surface area contributed by atoms with E-state index in [-0.39, 0.29) is 5.91 Å². The van der Waals surface area contributed by atoms with E-state index in [1.807, 2.05) is 0 Å². The fraction of sp³-hybridized carbons (Fsp3) is 0.929. The molecule has 96 valence electrons. The van der Waals surface area contributed by atoms with Gasteiger partial charge in [-0.05, 0) is 18.3 Å². The van der Waals surface area contributed by atoms with Gasteiger partial charge < -0.3 is 5.32 Å². The topological polar surface area (TPSA) is 29.1 Å². The fourth-order valence-corrected chi connectivity index (χ4v) is 1.91. The largest absolute Gasteiger partial charge is 0.356 e. The molecule has 2 nitrogen and oxygen atoms in total. The lowest BCUT2D eigenvalue weighted by Crippen LogP contribution is -2.25. The molecule has 0 aromatic carbocycles. The van der Waals surface area contributed by atoms with E-state index in [0.29, 0.717) is 5.41 Å². The number of amides is 1. The third kappa shape index (κ3) is 10.0. The van der Waals surface area contributed by atoms with E-state index in [4.69, 9.17) is 0 Å². The molecule has 0 saturated carbocycles. The normalized spacial score (nSPS) is 11.5. The van der Waals surface area contributed by atoms with Gasteiger partial charge in [0.1, 0.15) is 0 Å². The van der Waals surface area contributed by atoms with Crippen LogP contribution in [0.5, 0.6) is 0 Å². The summed E-state index contributed by atoms with van der Waals surface area (Å²) in [7, 11) is 0. The highest BCUT2D eigenvalue weighted by Crippen LogP contribution is 2.27. The minimum Gasteiger partial charge on any atom is -0.356 e. The molecule has 16 heavy (non-hydrogen) atoms. The van der Waals surface area contributed by atoms with Gasteiger partial charge in [-0.3, -0.25) is 4.79 Å². The Hall–Kier alpha value is -0.530. The highest BCUT2D eigenvalue weighted by molar-refractivity contribution is 5.72. The number of hydrogen-bond donors (Lipinski definition) is 1. The molecule has 0 aliphatic rings. The minimum atomic E-state index is 0.0822. The molecule has 1 N–H and O–H groups in total. The monoisotopic (exact) mass is 227 g/mol. The highest BCUT2D eigenvalue weighted by atomic mass is 16.1. The van der Waals surface area contributed by atoms with Crippen LogP contribution >= 0.6 is 0 Å². The first-order valence-electron chi connectivity index (χ1n) is 6.72. The highest BCUT2D eigenvalue weighted by Gasteiger charge is 2.16. The molecule has 0 atom stereocenters. The van der Waals surface area contributed by atoms with Crippen molar-refractivity contribution in [3.8, 4) is 0 Å². The third-order valence-corrected chi connectivity index (χ3v) is 3.13. The number of nitrogens with one attached hydrogen (secondary N) is 1. The van der Waals surface area contributed by atoms with Crippen LogP contribution in [0.3, 0.4) is 0 Å². The van der Waals surface area contributed by atoms with Crippen LogP contribution in [0.2, 0.25) is 0 Å². The Bertz CT molecular complexity index is 187. The van der Waals surface area contributed by atoms with Crippen molar-refractivity contribution in [2.75, 3.05) is 6.54 Å². The van der Waals surface area contributed by atoms with Gasteiger partial charge in [-0.1, -0.05) is 52.9 Å². The zero-order chi connectivity index (χ0) is 12.4. The van der Waals surface area contributed by atoms with Crippen molar-refractivity contribution in [3.05, 3.63) is 0 Å². The van der Waals surface area contributed by atoms with E-state index in [9.17, 15) is 4.79 Å². The molecule has 0 aliphatic heterocycles. The molecule has 0 fully saturated rings. The van der Waals surface area contributed by atoms with Gasteiger partial charge in [-0.25, -0.2) is 0 Å². The van der Waals surface area contributed by atoms with Gasteiger partial charge in [0, 0.05) is 13.5 Å². The number of unbranched alkanes of at least 4 members (excludes halogenated alkanes) is 4. The average molecular weight is 227 g/mol. The Morgan fingerprint density at radius 2 is 1.69 bits per heavy atom. The van der Waals surface area contributed by atoms with Crippen molar-refractivity contribution in [2.24, 2.45) is 5.41 Å². The number of carbonyl (C=O) groups excluding carboxylic acids is 1. The standard InChI is InChI=1S/C14H29NO/c1-5-6-7-8-9-10-14(3,4)11-12-15-13(2)16/h5-12H2,1-4H3,(H,15,16). The second kappa shape index (κ2) is 8.60. The van der Waals surface area contributed by atoms with Crippen LogP contribution in [0.1, 0.15) is 72.6 Å². The van der Waals surface area contributed by atoms with Crippen molar-refractivity contribution in [2.45, 2.75) is 72.6 Å². The molecular formula is C14H29NO. The van der Waals surface area contributed by atoms with Crippen LogP contribution in [-0.2, 0) is 4.79 Å². The maximum absolute atomic E-state index is 10.8. The molecule has 0 rings (SSSR count). The summed E-state index contributed by atoms with van der Waals surface area (Å²) in [5.74, 6) is 0.0822. The summed E-state index contributed by atoms with van der Waals surface area (Å²) in [5.41, 5.74) is 0.370. The van der Waals surface area contributed by atoms with Gasteiger partial charge in [0.05, 0.1) is 0 Å².